The summed E-state index contributed by atoms with van der Waals surface area (Å²) in [7, 11) is 1.86. The van der Waals surface area contributed by atoms with Gasteiger partial charge in [-0.2, -0.15) is 0 Å². The molecule has 0 unspecified atom stereocenters. The smallest absolute Gasteiger partial charge is 0.229 e. The van der Waals surface area contributed by atoms with Crippen molar-refractivity contribution in [1.82, 2.24) is 10.2 Å². The van der Waals surface area contributed by atoms with Crippen molar-refractivity contribution in [1.29, 1.82) is 0 Å². The minimum atomic E-state index is -0.416. The van der Waals surface area contributed by atoms with Crippen molar-refractivity contribution in [2.45, 2.75) is 64.8 Å². The molecule has 7 heteroatoms. The number of rotatable bonds is 7. The maximum atomic E-state index is 13.7. The van der Waals surface area contributed by atoms with Gasteiger partial charge >= 0.3 is 0 Å². The van der Waals surface area contributed by atoms with E-state index in [0.717, 1.165) is 57.5 Å². The van der Waals surface area contributed by atoms with Gasteiger partial charge in [-0.3, -0.25) is 9.69 Å². The van der Waals surface area contributed by atoms with E-state index in [-0.39, 0.29) is 24.5 Å². The zero-order chi connectivity index (χ0) is 24.9. The average Bonchev–Trinajstić information content (AvgIpc) is 2.84. The Morgan fingerprint density at radius 3 is 2.66 bits per heavy atom. The molecule has 1 aliphatic heterocycles. The van der Waals surface area contributed by atoms with Crippen LogP contribution < -0.4 is 15.0 Å². The zero-order valence-corrected chi connectivity index (χ0v) is 21.1. The van der Waals surface area contributed by atoms with Crippen LogP contribution in [0.3, 0.4) is 0 Å². The topological polar surface area (TPSA) is 65.0 Å². The number of aliphatic hydroxyl groups excluding tert-OH is 1. The molecule has 2 N–H and O–H groups in total. The van der Waals surface area contributed by atoms with Crippen LogP contribution in [0.4, 0.5) is 10.1 Å². The molecule has 2 fully saturated rings. The number of ether oxygens (including phenoxy) is 1. The lowest BCUT2D eigenvalue weighted by Gasteiger charge is -2.32. The maximum absolute atomic E-state index is 13.7. The van der Waals surface area contributed by atoms with Gasteiger partial charge in [0.05, 0.1) is 12.7 Å². The van der Waals surface area contributed by atoms with Gasteiger partial charge in [0.2, 0.25) is 5.91 Å². The number of piperazine rings is 1. The van der Waals surface area contributed by atoms with Crippen molar-refractivity contribution in [3.05, 3.63) is 58.9 Å². The molecule has 1 amide bonds. The Bertz CT molecular complexity index is 1020. The molecule has 2 aromatic carbocycles. The Kier molecular flexibility index (Phi) is 8.42. The van der Waals surface area contributed by atoms with Gasteiger partial charge < -0.3 is 20.1 Å². The van der Waals surface area contributed by atoms with Crippen LogP contribution in [0.5, 0.6) is 5.75 Å². The van der Waals surface area contributed by atoms with E-state index in [2.05, 4.69) is 42.3 Å². The molecule has 2 aromatic rings. The monoisotopic (exact) mass is 483 g/mol. The molecule has 2 aliphatic rings. The third-order valence-corrected chi connectivity index (χ3v) is 7.33. The normalized spacial score (nSPS) is 23.2. The number of halogens is 1. The van der Waals surface area contributed by atoms with Crippen LogP contribution in [-0.4, -0.2) is 54.7 Å². The van der Waals surface area contributed by atoms with Crippen LogP contribution in [0.2, 0.25) is 0 Å². The van der Waals surface area contributed by atoms with Crippen LogP contribution in [0.1, 0.15) is 49.3 Å². The van der Waals surface area contributed by atoms with E-state index in [1.54, 1.807) is 11.0 Å². The number of hydrogen-bond donors (Lipinski definition) is 2. The van der Waals surface area contributed by atoms with E-state index < -0.39 is 5.82 Å². The molecule has 0 aromatic heterocycles. The fourth-order valence-electron chi connectivity index (χ4n) is 5.26. The molecule has 1 atom stereocenters. The molecule has 1 saturated heterocycles. The van der Waals surface area contributed by atoms with Crippen molar-refractivity contribution in [2.24, 2.45) is 5.92 Å². The molecule has 0 radical (unpaired) electrons. The summed E-state index contributed by atoms with van der Waals surface area (Å²) >= 11 is 0. The van der Waals surface area contributed by atoms with E-state index in [4.69, 9.17) is 4.74 Å². The second-order valence-electron chi connectivity index (χ2n) is 10.1. The van der Waals surface area contributed by atoms with E-state index in [9.17, 15) is 14.3 Å². The number of aliphatic hydroxyl groups is 1. The van der Waals surface area contributed by atoms with Gasteiger partial charge in [0.1, 0.15) is 11.6 Å². The van der Waals surface area contributed by atoms with Gasteiger partial charge in [-0.1, -0.05) is 6.07 Å². The molecule has 6 nitrogen and oxygen atoms in total. The number of anilines is 1. The van der Waals surface area contributed by atoms with Crippen LogP contribution >= 0.6 is 0 Å². The molecule has 1 aliphatic carbocycles. The van der Waals surface area contributed by atoms with E-state index in [1.165, 1.54) is 23.3 Å². The van der Waals surface area contributed by atoms with Crippen LogP contribution in [0, 0.1) is 18.7 Å². The first-order valence-corrected chi connectivity index (χ1v) is 12.7. The summed E-state index contributed by atoms with van der Waals surface area (Å²) in [6.45, 7) is 8.18. The third-order valence-electron chi connectivity index (χ3n) is 7.33. The highest BCUT2D eigenvalue weighted by Crippen LogP contribution is 2.31. The summed E-state index contributed by atoms with van der Waals surface area (Å²) < 4.78 is 19.7. The highest BCUT2D eigenvalue weighted by molar-refractivity contribution is 5.94. The summed E-state index contributed by atoms with van der Waals surface area (Å²) in [5.41, 5.74) is 3.94. The number of hydrogen-bond acceptors (Lipinski definition) is 5. The fourth-order valence-corrected chi connectivity index (χ4v) is 5.26. The van der Waals surface area contributed by atoms with Gasteiger partial charge in [0, 0.05) is 56.9 Å². The Balaban J connectivity index is 1.31. The largest absolute Gasteiger partial charge is 0.490 e. The Morgan fingerprint density at radius 1 is 1.20 bits per heavy atom. The number of amides is 1. The number of nitrogens with one attached hydrogen (secondary N) is 1. The first kappa shape index (κ1) is 25.6. The van der Waals surface area contributed by atoms with Gasteiger partial charge in [-0.15, -0.1) is 0 Å². The Labute approximate surface area is 208 Å². The van der Waals surface area contributed by atoms with Crippen molar-refractivity contribution in [3.63, 3.8) is 0 Å². The summed E-state index contributed by atoms with van der Waals surface area (Å²) in [6, 6.07) is 11.2. The molecule has 1 heterocycles. The predicted octanol–water partition coefficient (Wildman–Crippen LogP) is 4.02. The van der Waals surface area contributed by atoms with E-state index >= 15 is 0 Å². The third kappa shape index (κ3) is 6.60. The molecule has 1 saturated carbocycles. The molecule has 0 spiro atoms. The minimum Gasteiger partial charge on any atom is -0.490 e. The van der Waals surface area contributed by atoms with Crippen LogP contribution in [0.15, 0.2) is 36.4 Å². The number of carbonyl (C=O) groups excluding carboxylic acids is 1. The Morgan fingerprint density at radius 2 is 1.97 bits per heavy atom. The van der Waals surface area contributed by atoms with Gasteiger partial charge in [-0.05, 0) is 80.5 Å². The summed E-state index contributed by atoms with van der Waals surface area (Å²) in [5, 5.41) is 12.8. The van der Waals surface area contributed by atoms with Crippen LogP contribution in [-0.2, 0) is 17.9 Å². The lowest BCUT2D eigenvalue weighted by molar-refractivity contribution is -0.123. The number of aryl methyl sites for hydroxylation is 1. The first-order valence-electron chi connectivity index (χ1n) is 12.7. The van der Waals surface area contributed by atoms with Crippen molar-refractivity contribution in [3.8, 4) is 5.75 Å². The maximum Gasteiger partial charge on any atom is 0.229 e. The SMILES string of the molecule is Cc1cc(N(C)C(=O)C2CCC(Oc3cc(F)cc(CO)c3)CC2)ccc1CN1CCN[C@@H](C)C1. The Hall–Kier alpha value is -2.48. The minimum absolute atomic E-state index is 0.0392. The second kappa shape index (κ2) is 11.5. The number of nitrogens with zero attached hydrogens (tertiary/aromatic N) is 2. The van der Waals surface area contributed by atoms with Crippen molar-refractivity contribution in [2.75, 3.05) is 31.6 Å². The highest BCUT2D eigenvalue weighted by atomic mass is 19.1. The number of carbonyl (C=O) groups is 1. The highest BCUT2D eigenvalue weighted by Gasteiger charge is 2.30. The van der Waals surface area contributed by atoms with E-state index in [1.807, 2.05) is 7.05 Å². The molecule has 4 rings (SSSR count). The number of benzene rings is 2. The summed E-state index contributed by atoms with van der Waals surface area (Å²) in [5.74, 6) is 0.121. The average molecular weight is 484 g/mol. The van der Waals surface area contributed by atoms with Crippen molar-refractivity contribution < 1.29 is 19.0 Å². The quantitative estimate of drug-likeness (QED) is 0.623. The zero-order valence-electron chi connectivity index (χ0n) is 21.1. The molecular weight excluding hydrogens is 445 g/mol. The second-order valence-corrected chi connectivity index (χ2v) is 10.1. The lowest BCUT2D eigenvalue weighted by atomic mass is 9.86. The molecule has 0 bridgehead atoms. The van der Waals surface area contributed by atoms with E-state index in [0.29, 0.717) is 17.4 Å². The van der Waals surface area contributed by atoms with Gasteiger partial charge in [0.15, 0.2) is 0 Å². The fraction of sp³-hybridized carbons (Fsp3) is 0.536. The summed E-state index contributed by atoms with van der Waals surface area (Å²) in [4.78, 5) is 17.5. The van der Waals surface area contributed by atoms with Gasteiger partial charge in [0.25, 0.3) is 0 Å². The van der Waals surface area contributed by atoms with Crippen LogP contribution in [0.25, 0.3) is 0 Å². The first-order chi connectivity index (χ1) is 16.8. The standard InChI is InChI=1S/C28H38FN3O3/c1-19-12-25(7-4-23(19)17-32-11-10-30-20(2)16-32)31(3)28(34)22-5-8-26(9-6-22)35-27-14-21(18-33)13-24(29)15-27/h4,7,12-15,20,22,26,30,33H,5-6,8-11,16-18H2,1-3H3/t20-,22?,26?/m0/s1. The molecule has 35 heavy (non-hydrogen) atoms. The molecular formula is C28H38FN3O3. The van der Waals surface area contributed by atoms with Gasteiger partial charge in [-0.25, -0.2) is 4.39 Å². The summed E-state index contributed by atoms with van der Waals surface area (Å²) in [6.07, 6.45) is 2.93. The van der Waals surface area contributed by atoms with Crippen molar-refractivity contribution >= 4 is 11.6 Å². The predicted molar refractivity (Wildman–Crippen MR) is 136 cm³/mol. The lowest BCUT2D eigenvalue weighted by Crippen LogP contribution is -2.48. The molecule has 190 valence electrons.